The summed E-state index contributed by atoms with van der Waals surface area (Å²) in [4.78, 5) is 18.6. The van der Waals surface area contributed by atoms with E-state index in [4.69, 9.17) is 0 Å². The third-order valence-corrected chi connectivity index (χ3v) is 4.61. The van der Waals surface area contributed by atoms with E-state index in [9.17, 15) is 9.90 Å². The molecule has 0 radical (unpaired) electrons. The van der Waals surface area contributed by atoms with E-state index in [0.717, 1.165) is 43.1 Å². The fraction of sp³-hybridized carbons (Fsp3) is 0.733. The van der Waals surface area contributed by atoms with Crippen molar-refractivity contribution in [3.05, 3.63) is 15.6 Å². The Morgan fingerprint density at radius 2 is 2.00 bits per heavy atom. The molecule has 0 saturated carbocycles. The topological polar surface area (TPSA) is 53.4 Å². The molecule has 4 nitrogen and oxygen atoms in total. The molecular weight excluding hydrogens is 272 g/mol. The number of carbonyl (C=O) groups is 1. The minimum atomic E-state index is -0.841. The van der Waals surface area contributed by atoms with Gasteiger partial charge in [-0.05, 0) is 32.9 Å². The van der Waals surface area contributed by atoms with Crippen LogP contribution in [0.25, 0.3) is 0 Å². The van der Waals surface area contributed by atoms with Crippen molar-refractivity contribution in [2.24, 2.45) is 0 Å². The van der Waals surface area contributed by atoms with Crippen LogP contribution in [-0.2, 0) is 6.54 Å². The number of unbranched alkanes of at least 4 members (excludes halogenated alkanes) is 1. The highest BCUT2D eigenvalue weighted by atomic mass is 32.1. The van der Waals surface area contributed by atoms with Crippen LogP contribution in [0.2, 0.25) is 0 Å². The Labute approximate surface area is 125 Å². The summed E-state index contributed by atoms with van der Waals surface area (Å²) in [6.45, 7) is 8.12. The number of rotatable bonds is 9. The predicted octanol–water partition coefficient (Wildman–Crippen LogP) is 3.98. The van der Waals surface area contributed by atoms with Gasteiger partial charge in [0, 0.05) is 5.92 Å². The van der Waals surface area contributed by atoms with E-state index in [0.29, 0.717) is 4.88 Å². The standard InChI is InChI=1S/C15H26N2O2S/c1-5-8-9-17(4)10-12-16-13(11(6-2)7-3)14(20-12)15(18)19/h11H,5-10H2,1-4H3,(H,18,19). The van der Waals surface area contributed by atoms with E-state index in [1.54, 1.807) is 0 Å². The number of aromatic carboxylic acids is 1. The predicted molar refractivity (Wildman–Crippen MR) is 83.6 cm³/mol. The van der Waals surface area contributed by atoms with E-state index < -0.39 is 5.97 Å². The number of carboxylic acids is 1. The normalized spacial score (nSPS) is 11.5. The first-order valence-electron chi connectivity index (χ1n) is 7.44. The van der Waals surface area contributed by atoms with Crippen LogP contribution in [0.1, 0.15) is 72.7 Å². The van der Waals surface area contributed by atoms with Crippen molar-refractivity contribution in [3.8, 4) is 0 Å². The fourth-order valence-corrected chi connectivity index (χ4v) is 3.36. The molecule has 1 rings (SSSR count). The molecule has 0 saturated heterocycles. The zero-order valence-corrected chi connectivity index (χ0v) is 13.8. The molecule has 0 fully saturated rings. The van der Waals surface area contributed by atoms with Gasteiger partial charge in [-0.2, -0.15) is 0 Å². The first-order chi connectivity index (χ1) is 9.53. The molecule has 0 spiro atoms. The van der Waals surface area contributed by atoms with Crippen LogP contribution < -0.4 is 0 Å². The van der Waals surface area contributed by atoms with Crippen molar-refractivity contribution in [1.29, 1.82) is 0 Å². The highest BCUT2D eigenvalue weighted by molar-refractivity contribution is 7.13. The van der Waals surface area contributed by atoms with Crippen LogP contribution in [0.15, 0.2) is 0 Å². The van der Waals surface area contributed by atoms with Gasteiger partial charge in [-0.15, -0.1) is 11.3 Å². The van der Waals surface area contributed by atoms with E-state index in [-0.39, 0.29) is 5.92 Å². The molecule has 1 aromatic rings. The summed E-state index contributed by atoms with van der Waals surface area (Å²) >= 11 is 1.34. The molecule has 1 aromatic heterocycles. The lowest BCUT2D eigenvalue weighted by Gasteiger charge is -2.14. The maximum Gasteiger partial charge on any atom is 0.347 e. The number of aromatic nitrogens is 1. The van der Waals surface area contributed by atoms with Crippen molar-refractivity contribution >= 4 is 17.3 Å². The lowest BCUT2D eigenvalue weighted by Crippen LogP contribution is -2.18. The zero-order valence-electron chi connectivity index (χ0n) is 13.0. The molecule has 0 aliphatic carbocycles. The molecule has 0 unspecified atom stereocenters. The van der Waals surface area contributed by atoms with E-state index in [1.807, 2.05) is 0 Å². The van der Waals surface area contributed by atoms with E-state index >= 15 is 0 Å². The number of thiazole rings is 1. The van der Waals surface area contributed by atoms with E-state index in [2.05, 4.69) is 37.7 Å². The third kappa shape index (κ3) is 4.56. The molecule has 0 aromatic carbocycles. The summed E-state index contributed by atoms with van der Waals surface area (Å²) in [7, 11) is 2.06. The van der Waals surface area contributed by atoms with Crippen LogP contribution in [0.3, 0.4) is 0 Å². The van der Waals surface area contributed by atoms with Gasteiger partial charge in [0.2, 0.25) is 0 Å². The lowest BCUT2D eigenvalue weighted by molar-refractivity contribution is 0.0700. The average molecular weight is 298 g/mol. The first kappa shape index (κ1) is 17.1. The number of nitrogens with zero attached hydrogens (tertiary/aromatic N) is 2. The zero-order chi connectivity index (χ0) is 15.1. The van der Waals surface area contributed by atoms with Crippen LogP contribution in [0.5, 0.6) is 0 Å². The quantitative estimate of drug-likeness (QED) is 0.749. The highest BCUT2D eigenvalue weighted by Gasteiger charge is 2.22. The molecule has 0 bridgehead atoms. The monoisotopic (exact) mass is 298 g/mol. The van der Waals surface area contributed by atoms with Crippen molar-refractivity contribution in [2.75, 3.05) is 13.6 Å². The van der Waals surface area contributed by atoms with Crippen molar-refractivity contribution in [2.45, 2.75) is 58.9 Å². The SMILES string of the molecule is CCCCN(C)Cc1nc(C(CC)CC)c(C(=O)O)s1. The Morgan fingerprint density at radius 1 is 1.35 bits per heavy atom. The Bertz CT molecular complexity index is 428. The maximum absolute atomic E-state index is 11.4. The summed E-state index contributed by atoms with van der Waals surface area (Å²) < 4.78 is 0. The van der Waals surface area contributed by atoms with Gasteiger partial charge in [0.05, 0.1) is 12.2 Å². The van der Waals surface area contributed by atoms with Gasteiger partial charge >= 0.3 is 5.97 Å². The van der Waals surface area contributed by atoms with Gasteiger partial charge in [-0.25, -0.2) is 9.78 Å². The number of hydrogen-bond acceptors (Lipinski definition) is 4. The summed E-state index contributed by atoms with van der Waals surface area (Å²) in [5.74, 6) is -0.584. The molecule has 0 atom stereocenters. The maximum atomic E-state index is 11.4. The molecule has 20 heavy (non-hydrogen) atoms. The molecular formula is C15H26N2O2S. The second-order valence-corrected chi connectivity index (χ2v) is 6.32. The lowest BCUT2D eigenvalue weighted by atomic mass is 9.98. The Balaban J connectivity index is 2.88. The molecule has 1 N–H and O–H groups in total. The van der Waals surface area contributed by atoms with E-state index in [1.165, 1.54) is 17.8 Å². The molecule has 0 aliphatic heterocycles. The molecule has 5 heteroatoms. The van der Waals surface area contributed by atoms with Crippen LogP contribution in [0.4, 0.5) is 0 Å². The first-order valence-corrected chi connectivity index (χ1v) is 8.26. The van der Waals surface area contributed by atoms with Crippen molar-refractivity contribution in [1.82, 2.24) is 9.88 Å². The minimum Gasteiger partial charge on any atom is -0.477 e. The van der Waals surface area contributed by atoms with Crippen LogP contribution in [-0.4, -0.2) is 34.6 Å². The van der Waals surface area contributed by atoms with Gasteiger partial charge < -0.3 is 5.11 Å². The minimum absolute atomic E-state index is 0.257. The van der Waals surface area contributed by atoms with Crippen LogP contribution >= 0.6 is 11.3 Å². The van der Waals surface area contributed by atoms with Gasteiger partial charge in [0.15, 0.2) is 0 Å². The highest BCUT2D eigenvalue weighted by Crippen LogP contribution is 2.30. The molecule has 1 heterocycles. The van der Waals surface area contributed by atoms with Crippen LogP contribution in [0, 0.1) is 0 Å². The van der Waals surface area contributed by atoms with Gasteiger partial charge in [0.1, 0.15) is 9.88 Å². The molecule has 0 amide bonds. The van der Waals surface area contributed by atoms with Gasteiger partial charge in [0.25, 0.3) is 0 Å². The Morgan fingerprint density at radius 3 is 2.50 bits per heavy atom. The second kappa shape index (κ2) is 8.37. The smallest absolute Gasteiger partial charge is 0.347 e. The summed E-state index contributed by atoms with van der Waals surface area (Å²) in [5, 5.41) is 10.3. The summed E-state index contributed by atoms with van der Waals surface area (Å²) in [6, 6.07) is 0. The summed E-state index contributed by atoms with van der Waals surface area (Å²) in [6.07, 6.45) is 4.20. The Hall–Kier alpha value is -0.940. The fourth-order valence-electron chi connectivity index (χ4n) is 2.29. The average Bonchev–Trinajstić information content (AvgIpc) is 2.82. The number of hydrogen-bond donors (Lipinski definition) is 1. The Kier molecular flexibility index (Phi) is 7.16. The largest absolute Gasteiger partial charge is 0.477 e. The summed E-state index contributed by atoms with van der Waals surface area (Å²) in [5.41, 5.74) is 0.784. The van der Waals surface area contributed by atoms with Crippen molar-refractivity contribution in [3.63, 3.8) is 0 Å². The third-order valence-electron chi connectivity index (χ3n) is 3.56. The van der Waals surface area contributed by atoms with Gasteiger partial charge in [-0.3, -0.25) is 4.90 Å². The van der Waals surface area contributed by atoms with Gasteiger partial charge in [-0.1, -0.05) is 27.2 Å². The van der Waals surface area contributed by atoms with Crippen molar-refractivity contribution < 1.29 is 9.90 Å². The molecule has 114 valence electrons. The molecule has 0 aliphatic rings. The number of carboxylic acid groups (broad SMARTS) is 1. The second-order valence-electron chi connectivity index (χ2n) is 5.23.